The molecule has 6 N–H and O–H groups in total. The van der Waals surface area contributed by atoms with Crippen LogP contribution in [0.2, 0.25) is 0 Å². The second kappa shape index (κ2) is 5.43. The number of pyridine rings is 1. The van der Waals surface area contributed by atoms with Gasteiger partial charge in [0.1, 0.15) is 0 Å². The monoisotopic (exact) mass is 273 g/mol. The Labute approximate surface area is 115 Å². The van der Waals surface area contributed by atoms with Crippen molar-refractivity contribution in [2.75, 3.05) is 23.7 Å². The van der Waals surface area contributed by atoms with Gasteiger partial charge in [-0.1, -0.05) is 0 Å². The topological polar surface area (TPSA) is 128 Å². The standard InChI is InChI=1S/C13H15N5O2/c14-10-1-2-11(9-5-17-4-3-8(9)10)18(6-12(15)19)7-13(16)20/h1-5H,6-7,14H2,(H2,15,19)(H2,16,20). The molecule has 1 aromatic carbocycles. The fourth-order valence-corrected chi connectivity index (χ4v) is 2.08. The Balaban J connectivity index is 2.55. The maximum Gasteiger partial charge on any atom is 0.236 e. The molecule has 104 valence electrons. The van der Waals surface area contributed by atoms with Gasteiger partial charge in [0.15, 0.2) is 0 Å². The minimum atomic E-state index is -0.555. The molecule has 0 radical (unpaired) electrons. The third-order valence-electron chi connectivity index (χ3n) is 2.86. The third-order valence-corrected chi connectivity index (χ3v) is 2.86. The van der Waals surface area contributed by atoms with E-state index in [0.29, 0.717) is 11.4 Å². The van der Waals surface area contributed by atoms with Gasteiger partial charge < -0.3 is 22.1 Å². The number of hydrogen-bond donors (Lipinski definition) is 3. The van der Waals surface area contributed by atoms with E-state index in [1.54, 1.807) is 30.6 Å². The number of fused-ring (bicyclic) bond motifs is 1. The highest BCUT2D eigenvalue weighted by molar-refractivity contribution is 6.02. The molecule has 0 bridgehead atoms. The van der Waals surface area contributed by atoms with Crippen molar-refractivity contribution in [2.24, 2.45) is 11.5 Å². The highest BCUT2D eigenvalue weighted by Gasteiger charge is 2.15. The molecule has 0 unspecified atom stereocenters. The van der Waals surface area contributed by atoms with Crippen LogP contribution in [0.3, 0.4) is 0 Å². The molecule has 7 heteroatoms. The zero-order valence-electron chi connectivity index (χ0n) is 10.7. The minimum Gasteiger partial charge on any atom is -0.398 e. The Morgan fingerprint density at radius 2 is 1.70 bits per heavy atom. The van der Waals surface area contributed by atoms with E-state index in [-0.39, 0.29) is 13.1 Å². The molecular weight excluding hydrogens is 258 g/mol. The largest absolute Gasteiger partial charge is 0.398 e. The van der Waals surface area contributed by atoms with Crippen molar-refractivity contribution in [1.29, 1.82) is 0 Å². The normalized spacial score (nSPS) is 10.4. The maximum atomic E-state index is 11.2. The van der Waals surface area contributed by atoms with Crippen LogP contribution in [0.15, 0.2) is 30.6 Å². The number of benzene rings is 1. The first kappa shape index (κ1) is 13.6. The molecule has 0 aliphatic rings. The molecule has 2 aromatic rings. The van der Waals surface area contributed by atoms with E-state index >= 15 is 0 Å². The van der Waals surface area contributed by atoms with Crippen LogP contribution in [0.25, 0.3) is 10.8 Å². The number of amides is 2. The molecule has 0 saturated carbocycles. The Kier molecular flexibility index (Phi) is 3.69. The third kappa shape index (κ3) is 2.77. The molecular formula is C13H15N5O2. The summed E-state index contributed by atoms with van der Waals surface area (Å²) >= 11 is 0. The molecule has 7 nitrogen and oxygen atoms in total. The Hall–Kier alpha value is -2.83. The highest BCUT2D eigenvalue weighted by Crippen LogP contribution is 2.29. The molecule has 0 aliphatic heterocycles. The summed E-state index contributed by atoms with van der Waals surface area (Å²) in [4.78, 5) is 27.9. The number of nitrogens with two attached hydrogens (primary N) is 3. The Morgan fingerprint density at radius 3 is 2.30 bits per heavy atom. The molecule has 0 aliphatic carbocycles. The van der Waals surface area contributed by atoms with Gasteiger partial charge in [0.05, 0.1) is 13.1 Å². The van der Waals surface area contributed by atoms with Gasteiger partial charge in [-0.25, -0.2) is 0 Å². The molecule has 20 heavy (non-hydrogen) atoms. The lowest BCUT2D eigenvalue weighted by Crippen LogP contribution is -2.39. The lowest BCUT2D eigenvalue weighted by molar-refractivity contribution is -0.117. The first-order chi connectivity index (χ1) is 9.49. The molecule has 0 atom stereocenters. The smallest absolute Gasteiger partial charge is 0.236 e. The number of nitrogens with zero attached hydrogens (tertiary/aromatic N) is 2. The fourth-order valence-electron chi connectivity index (χ4n) is 2.08. The Morgan fingerprint density at radius 1 is 1.05 bits per heavy atom. The van der Waals surface area contributed by atoms with Crippen molar-refractivity contribution >= 4 is 34.0 Å². The average Bonchev–Trinajstić information content (AvgIpc) is 2.37. The number of carbonyl (C=O) groups excluding carboxylic acids is 2. The Bertz CT molecular complexity index is 655. The van der Waals surface area contributed by atoms with Gasteiger partial charge in [-0.05, 0) is 18.2 Å². The SMILES string of the molecule is NC(=O)CN(CC(N)=O)c1ccc(N)c2ccncc12. The summed E-state index contributed by atoms with van der Waals surface area (Å²) in [6.45, 7) is -0.228. The van der Waals surface area contributed by atoms with E-state index in [2.05, 4.69) is 4.98 Å². The molecule has 2 rings (SSSR count). The van der Waals surface area contributed by atoms with Gasteiger partial charge in [0.25, 0.3) is 0 Å². The van der Waals surface area contributed by atoms with Crippen LogP contribution in [0, 0.1) is 0 Å². The van der Waals surface area contributed by atoms with E-state index in [4.69, 9.17) is 17.2 Å². The first-order valence-electron chi connectivity index (χ1n) is 5.93. The van der Waals surface area contributed by atoms with E-state index in [9.17, 15) is 9.59 Å². The van der Waals surface area contributed by atoms with Crippen LogP contribution in [0.1, 0.15) is 0 Å². The number of carbonyl (C=O) groups is 2. The van der Waals surface area contributed by atoms with Crippen molar-refractivity contribution in [1.82, 2.24) is 4.98 Å². The second-order valence-electron chi connectivity index (χ2n) is 4.38. The number of rotatable bonds is 5. The van der Waals surface area contributed by atoms with E-state index in [1.807, 2.05) is 0 Å². The summed E-state index contributed by atoms with van der Waals surface area (Å²) in [5, 5.41) is 1.52. The minimum absolute atomic E-state index is 0.114. The lowest BCUT2D eigenvalue weighted by atomic mass is 10.1. The van der Waals surface area contributed by atoms with Crippen molar-refractivity contribution < 1.29 is 9.59 Å². The van der Waals surface area contributed by atoms with Crippen LogP contribution < -0.4 is 22.1 Å². The quantitative estimate of drug-likeness (QED) is 0.638. The van der Waals surface area contributed by atoms with E-state index < -0.39 is 11.8 Å². The van der Waals surface area contributed by atoms with Crippen LogP contribution in [0.5, 0.6) is 0 Å². The summed E-state index contributed by atoms with van der Waals surface area (Å²) in [6.07, 6.45) is 3.24. The summed E-state index contributed by atoms with van der Waals surface area (Å²) < 4.78 is 0. The van der Waals surface area contributed by atoms with Crippen molar-refractivity contribution in [3.8, 4) is 0 Å². The van der Waals surface area contributed by atoms with Crippen LogP contribution in [-0.2, 0) is 9.59 Å². The number of hydrogen-bond acceptors (Lipinski definition) is 5. The van der Waals surface area contributed by atoms with E-state index in [1.165, 1.54) is 4.90 Å². The predicted octanol–water partition coefficient (Wildman–Crippen LogP) is -0.406. The van der Waals surface area contributed by atoms with Gasteiger partial charge in [0.2, 0.25) is 11.8 Å². The summed E-state index contributed by atoms with van der Waals surface area (Å²) in [7, 11) is 0. The maximum absolute atomic E-state index is 11.2. The van der Waals surface area contributed by atoms with Gasteiger partial charge in [-0.3, -0.25) is 14.6 Å². The summed E-state index contributed by atoms with van der Waals surface area (Å²) in [5.74, 6) is -1.11. The van der Waals surface area contributed by atoms with Gasteiger partial charge in [-0.2, -0.15) is 0 Å². The van der Waals surface area contributed by atoms with Crippen LogP contribution in [0.4, 0.5) is 11.4 Å². The predicted molar refractivity (Wildman–Crippen MR) is 76.8 cm³/mol. The summed E-state index contributed by atoms with van der Waals surface area (Å²) in [5.41, 5.74) is 17.5. The van der Waals surface area contributed by atoms with Gasteiger partial charge in [0, 0.05) is 34.5 Å². The number of primary amides is 2. The molecule has 1 aromatic heterocycles. The van der Waals surface area contributed by atoms with E-state index in [0.717, 1.165) is 10.8 Å². The molecule has 0 saturated heterocycles. The summed E-state index contributed by atoms with van der Waals surface area (Å²) in [6, 6.07) is 5.18. The number of anilines is 2. The molecule has 2 amide bonds. The average molecular weight is 273 g/mol. The molecule has 0 fully saturated rings. The number of nitrogen functional groups attached to an aromatic ring is 1. The van der Waals surface area contributed by atoms with Gasteiger partial charge in [-0.15, -0.1) is 0 Å². The van der Waals surface area contributed by atoms with Gasteiger partial charge >= 0.3 is 0 Å². The fraction of sp³-hybridized carbons (Fsp3) is 0.154. The van der Waals surface area contributed by atoms with Crippen LogP contribution >= 0.6 is 0 Å². The second-order valence-corrected chi connectivity index (χ2v) is 4.38. The zero-order chi connectivity index (χ0) is 14.7. The van der Waals surface area contributed by atoms with Crippen molar-refractivity contribution in [3.63, 3.8) is 0 Å². The lowest BCUT2D eigenvalue weighted by Gasteiger charge is -2.23. The highest BCUT2D eigenvalue weighted by atomic mass is 16.2. The van der Waals surface area contributed by atoms with Crippen LogP contribution in [-0.4, -0.2) is 29.9 Å². The molecule has 1 heterocycles. The van der Waals surface area contributed by atoms with Crippen molar-refractivity contribution in [3.05, 3.63) is 30.6 Å². The van der Waals surface area contributed by atoms with Crippen molar-refractivity contribution in [2.45, 2.75) is 0 Å². The first-order valence-corrected chi connectivity index (χ1v) is 5.93. The zero-order valence-corrected chi connectivity index (χ0v) is 10.7. The number of aromatic nitrogens is 1. The molecule has 0 spiro atoms.